The maximum absolute atomic E-state index is 6.57. The van der Waals surface area contributed by atoms with E-state index >= 15 is 0 Å². The lowest BCUT2D eigenvalue weighted by atomic mass is 10.0. The molecule has 2 N–H and O–H groups in total. The zero-order chi connectivity index (χ0) is 18.9. The van der Waals surface area contributed by atoms with Crippen molar-refractivity contribution >= 4 is 0 Å². The molecule has 0 saturated carbocycles. The van der Waals surface area contributed by atoms with Crippen LogP contribution in [0.25, 0.3) is 5.69 Å². The molecule has 3 aromatic rings. The van der Waals surface area contributed by atoms with Crippen LogP contribution in [0.5, 0.6) is 5.75 Å². The molecule has 1 fully saturated rings. The smallest absolute Gasteiger partial charge is 0.140 e. The van der Waals surface area contributed by atoms with E-state index < -0.39 is 0 Å². The van der Waals surface area contributed by atoms with E-state index in [1.807, 2.05) is 10.8 Å². The highest BCUT2D eigenvalue weighted by molar-refractivity contribution is 5.40. The van der Waals surface area contributed by atoms with Crippen LogP contribution in [-0.2, 0) is 6.42 Å². The molecule has 0 spiro atoms. The summed E-state index contributed by atoms with van der Waals surface area (Å²) in [5, 5.41) is 0. The van der Waals surface area contributed by atoms with Crippen LogP contribution in [0.15, 0.2) is 67.3 Å². The Labute approximate surface area is 165 Å². The molecule has 1 aliphatic carbocycles. The zero-order valence-corrected chi connectivity index (χ0v) is 15.9. The summed E-state index contributed by atoms with van der Waals surface area (Å²) in [5.41, 5.74) is 10.1. The van der Waals surface area contributed by atoms with Crippen molar-refractivity contribution in [3.8, 4) is 11.4 Å². The maximum Gasteiger partial charge on any atom is 0.140 e. The minimum Gasteiger partial charge on any atom is -0.484 e. The second-order valence-electron chi connectivity index (χ2n) is 7.87. The molecule has 0 unspecified atom stereocenters. The lowest BCUT2D eigenvalue weighted by Gasteiger charge is -2.38. The lowest BCUT2D eigenvalue weighted by Crippen LogP contribution is -2.49. The number of ether oxygens (including phenoxy) is 1. The molecule has 2 aliphatic rings. The molecule has 2 heterocycles. The van der Waals surface area contributed by atoms with Gasteiger partial charge in [0.15, 0.2) is 0 Å². The van der Waals surface area contributed by atoms with Gasteiger partial charge in [-0.25, -0.2) is 4.98 Å². The van der Waals surface area contributed by atoms with Crippen molar-refractivity contribution in [3.05, 3.63) is 78.4 Å². The van der Waals surface area contributed by atoms with E-state index in [9.17, 15) is 0 Å². The summed E-state index contributed by atoms with van der Waals surface area (Å²) in [4.78, 5) is 6.65. The third kappa shape index (κ3) is 3.32. The Morgan fingerprint density at radius 3 is 2.71 bits per heavy atom. The number of hydrogen-bond acceptors (Lipinski definition) is 4. The van der Waals surface area contributed by atoms with Gasteiger partial charge < -0.3 is 15.0 Å². The van der Waals surface area contributed by atoms with Gasteiger partial charge in [-0.3, -0.25) is 4.90 Å². The van der Waals surface area contributed by atoms with Gasteiger partial charge in [-0.2, -0.15) is 0 Å². The molecule has 144 valence electrons. The first-order valence-corrected chi connectivity index (χ1v) is 10.1. The normalized spacial score (nSPS) is 24.8. The van der Waals surface area contributed by atoms with E-state index in [-0.39, 0.29) is 12.1 Å². The van der Waals surface area contributed by atoms with Gasteiger partial charge in [-0.15, -0.1) is 0 Å². The maximum atomic E-state index is 6.57. The second kappa shape index (κ2) is 7.41. The number of piperidine rings is 1. The van der Waals surface area contributed by atoms with Gasteiger partial charge in [0.25, 0.3) is 0 Å². The number of hydrogen-bond donors (Lipinski definition) is 1. The molecule has 5 nitrogen and oxygen atoms in total. The van der Waals surface area contributed by atoms with Gasteiger partial charge in [0.2, 0.25) is 0 Å². The number of imidazole rings is 1. The van der Waals surface area contributed by atoms with Crippen molar-refractivity contribution in [2.45, 2.75) is 37.5 Å². The molecule has 5 heteroatoms. The van der Waals surface area contributed by atoms with Gasteiger partial charge in [-0.1, -0.05) is 24.3 Å². The minimum absolute atomic E-state index is 0.0422. The average molecular weight is 374 g/mol. The molecule has 1 aromatic heterocycles. The Kier molecular flexibility index (Phi) is 4.63. The van der Waals surface area contributed by atoms with Crippen molar-refractivity contribution in [3.63, 3.8) is 0 Å². The van der Waals surface area contributed by atoms with Gasteiger partial charge in [0.05, 0.1) is 12.4 Å². The van der Waals surface area contributed by atoms with Crippen molar-refractivity contribution in [2.24, 2.45) is 5.73 Å². The highest BCUT2D eigenvalue weighted by atomic mass is 16.5. The molecule has 28 heavy (non-hydrogen) atoms. The van der Waals surface area contributed by atoms with E-state index in [1.165, 1.54) is 17.5 Å². The predicted octanol–water partition coefficient (Wildman–Crippen LogP) is 3.34. The van der Waals surface area contributed by atoms with Crippen molar-refractivity contribution in [1.29, 1.82) is 0 Å². The van der Waals surface area contributed by atoms with Crippen LogP contribution in [0.4, 0.5) is 0 Å². The SMILES string of the molecule is N[C@H]1CCCN([C@@H]2Cc3ccccc3[C@H]2Oc2ccc(-n3ccnc3)cc2)C1. The molecular weight excluding hydrogens is 348 g/mol. The van der Waals surface area contributed by atoms with Gasteiger partial charge in [-0.05, 0) is 61.2 Å². The van der Waals surface area contributed by atoms with E-state index in [0.29, 0.717) is 6.04 Å². The number of benzene rings is 2. The summed E-state index contributed by atoms with van der Waals surface area (Å²) < 4.78 is 8.56. The van der Waals surface area contributed by atoms with Crippen LogP contribution in [0.1, 0.15) is 30.1 Å². The third-order valence-corrected chi connectivity index (χ3v) is 6.00. The number of nitrogens with zero attached hydrogens (tertiary/aromatic N) is 3. The molecular formula is C23H26N4O. The topological polar surface area (TPSA) is 56.3 Å². The molecule has 1 aliphatic heterocycles. The largest absolute Gasteiger partial charge is 0.484 e. The fourth-order valence-electron chi connectivity index (χ4n) is 4.60. The van der Waals surface area contributed by atoms with E-state index in [2.05, 4.69) is 58.4 Å². The van der Waals surface area contributed by atoms with Gasteiger partial charge in [0.1, 0.15) is 11.9 Å². The Morgan fingerprint density at radius 2 is 1.93 bits per heavy atom. The first-order valence-electron chi connectivity index (χ1n) is 10.1. The van der Waals surface area contributed by atoms with E-state index in [1.54, 1.807) is 12.5 Å². The number of nitrogens with two attached hydrogens (primary N) is 1. The zero-order valence-electron chi connectivity index (χ0n) is 15.9. The molecule has 0 amide bonds. The van der Waals surface area contributed by atoms with E-state index in [0.717, 1.165) is 37.4 Å². The molecule has 3 atom stereocenters. The molecule has 0 radical (unpaired) electrons. The molecule has 5 rings (SSSR count). The highest BCUT2D eigenvalue weighted by Crippen LogP contribution is 2.38. The number of aromatic nitrogens is 2. The lowest BCUT2D eigenvalue weighted by molar-refractivity contribution is 0.0593. The summed E-state index contributed by atoms with van der Waals surface area (Å²) in [5.74, 6) is 0.900. The summed E-state index contributed by atoms with van der Waals surface area (Å²) >= 11 is 0. The summed E-state index contributed by atoms with van der Waals surface area (Å²) in [6.07, 6.45) is 8.89. The van der Waals surface area contributed by atoms with Crippen molar-refractivity contribution < 1.29 is 4.74 Å². The molecule has 2 aromatic carbocycles. The molecule has 1 saturated heterocycles. The van der Waals surface area contributed by atoms with Crippen LogP contribution >= 0.6 is 0 Å². The summed E-state index contributed by atoms with van der Waals surface area (Å²) in [7, 11) is 0. The number of rotatable bonds is 4. The van der Waals surface area contributed by atoms with Crippen LogP contribution < -0.4 is 10.5 Å². The van der Waals surface area contributed by atoms with E-state index in [4.69, 9.17) is 10.5 Å². The van der Waals surface area contributed by atoms with Crippen LogP contribution in [0, 0.1) is 0 Å². The fraction of sp³-hybridized carbons (Fsp3) is 0.348. The first-order chi connectivity index (χ1) is 13.8. The number of likely N-dealkylation sites (tertiary alicyclic amines) is 1. The predicted molar refractivity (Wildman–Crippen MR) is 110 cm³/mol. The van der Waals surface area contributed by atoms with Crippen LogP contribution in [-0.4, -0.2) is 39.6 Å². The van der Waals surface area contributed by atoms with Gasteiger partial charge >= 0.3 is 0 Å². The standard InChI is InChI=1S/C23H26N4O/c24-18-5-3-12-26(15-18)22-14-17-4-1-2-6-21(17)23(22)28-20-9-7-19(8-10-20)27-13-11-25-16-27/h1-2,4,6-11,13,16,18,22-23H,3,5,12,14-15,24H2/t18-,22+,23+/m0/s1. The summed E-state index contributed by atoms with van der Waals surface area (Å²) in [6, 6.07) is 17.5. The number of fused-ring (bicyclic) bond motifs is 1. The second-order valence-corrected chi connectivity index (χ2v) is 7.87. The third-order valence-electron chi connectivity index (χ3n) is 6.00. The first kappa shape index (κ1) is 17.5. The Hall–Kier alpha value is -2.63. The molecule has 0 bridgehead atoms. The monoisotopic (exact) mass is 374 g/mol. The quantitative estimate of drug-likeness (QED) is 0.761. The van der Waals surface area contributed by atoms with Crippen molar-refractivity contribution in [2.75, 3.05) is 13.1 Å². The fourth-order valence-corrected chi connectivity index (χ4v) is 4.60. The Bertz CT molecular complexity index is 922. The van der Waals surface area contributed by atoms with Crippen LogP contribution in [0.2, 0.25) is 0 Å². The Morgan fingerprint density at radius 1 is 1.07 bits per heavy atom. The Balaban J connectivity index is 1.40. The van der Waals surface area contributed by atoms with Crippen molar-refractivity contribution in [1.82, 2.24) is 14.5 Å². The van der Waals surface area contributed by atoms with Gasteiger partial charge in [0, 0.05) is 30.7 Å². The average Bonchev–Trinajstić information content (AvgIpc) is 3.38. The minimum atomic E-state index is 0.0422. The van der Waals surface area contributed by atoms with Crippen LogP contribution in [0.3, 0.4) is 0 Å². The highest BCUT2D eigenvalue weighted by Gasteiger charge is 2.39. The summed E-state index contributed by atoms with van der Waals surface area (Å²) in [6.45, 7) is 2.06.